The van der Waals surface area contributed by atoms with E-state index >= 15 is 0 Å². The van der Waals surface area contributed by atoms with Gasteiger partial charge in [0.1, 0.15) is 10.6 Å². The summed E-state index contributed by atoms with van der Waals surface area (Å²) in [6, 6.07) is 9.64. The van der Waals surface area contributed by atoms with Gasteiger partial charge in [-0.15, -0.1) is 11.3 Å². The minimum atomic E-state index is -0.464. The van der Waals surface area contributed by atoms with Gasteiger partial charge in [0, 0.05) is 16.5 Å². The van der Waals surface area contributed by atoms with Crippen LogP contribution in [0.3, 0.4) is 0 Å². The van der Waals surface area contributed by atoms with Gasteiger partial charge in [-0.05, 0) is 82.2 Å². The number of amides is 1. The van der Waals surface area contributed by atoms with E-state index in [2.05, 4.69) is 23.5 Å². The molecule has 1 heterocycles. The Morgan fingerprint density at radius 2 is 1.50 bits per heavy atom. The third-order valence-electron chi connectivity index (χ3n) is 6.33. The van der Waals surface area contributed by atoms with Gasteiger partial charge < -0.3 is 24.3 Å². The molecular formula is C30H35NO6S. The van der Waals surface area contributed by atoms with Crippen molar-refractivity contribution in [1.29, 1.82) is 0 Å². The third-order valence-corrected chi connectivity index (χ3v) is 7.22. The van der Waals surface area contributed by atoms with Crippen molar-refractivity contribution in [3.63, 3.8) is 0 Å². The van der Waals surface area contributed by atoms with Crippen LogP contribution >= 0.6 is 11.3 Å². The Bertz CT molecular complexity index is 1270. The van der Waals surface area contributed by atoms with E-state index in [0.29, 0.717) is 53.2 Å². The van der Waals surface area contributed by atoms with E-state index in [-0.39, 0.29) is 12.5 Å². The van der Waals surface area contributed by atoms with E-state index in [4.69, 9.17) is 18.9 Å². The highest BCUT2D eigenvalue weighted by Crippen LogP contribution is 2.41. The highest BCUT2D eigenvalue weighted by atomic mass is 32.1. The van der Waals surface area contributed by atoms with Crippen molar-refractivity contribution < 1.29 is 28.5 Å². The molecule has 0 bridgehead atoms. The second-order valence-electron chi connectivity index (χ2n) is 8.82. The standard InChI is InChI=1S/C30H35NO6S/c1-5-34-24-16-22(17-25(35-6-2)27(24)36-7-3)28(32)31-29-26(30(33)37-8-4)23(18-38-29)21-14-13-19-11-9-10-12-20(19)15-21/h13-18H,5-12H2,1-4H3,(H,31,32). The fraction of sp³-hybridized carbons (Fsp3) is 0.400. The number of esters is 1. The normalized spacial score (nSPS) is 12.4. The van der Waals surface area contributed by atoms with Crippen molar-refractivity contribution >= 4 is 28.2 Å². The van der Waals surface area contributed by atoms with Crippen molar-refractivity contribution in [2.75, 3.05) is 31.7 Å². The number of nitrogens with one attached hydrogen (secondary N) is 1. The van der Waals surface area contributed by atoms with Crippen molar-refractivity contribution in [2.24, 2.45) is 0 Å². The Balaban J connectivity index is 1.71. The van der Waals surface area contributed by atoms with Crippen LogP contribution in [0.25, 0.3) is 11.1 Å². The molecule has 0 radical (unpaired) electrons. The molecule has 0 fully saturated rings. The molecule has 38 heavy (non-hydrogen) atoms. The monoisotopic (exact) mass is 537 g/mol. The molecule has 2 aromatic carbocycles. The van der Waals surface area contributed by atoms with Crippen LogP contribution in [0.4, 0.5) is 5.00 Å². The van der Waals surface area contributed by atoms with Crippen molar-refractivity contribution in [2.45, 2.75) is 53.4 Å². The number of carbonyl (C=O) groups is 2. The number of carbonyl (C=O) groups excluding carboxylic acids is 2. The molecule has 0 aliphatic heterocycles. The summed E-state index contributed by atoms with van der Waals surface area (Å²) < 4.78 is 22.7. The Hall–Kier alpha value is -3.52. The summed E-state index contributed by atoms with van der Waals surface area (Å²) in [7, 11) is 0. The molecule has 8 heteroatoms. The maximum atomic E-state index is 13.5. The van der Waals surface area contributed by atoms with Crippen LogP contribution in [-0.4, -0.2) is 38.3 Å². The van der Waals surface area contributed by atoms with E-state index in [1.54, 1.807) is 19.1 Å². The number of benzene rings is 2. The smallest absolute Gasteiger partial charge is 0.341 e. The van der Waals surface area contributed by atoms with Gasteiger partial charge in [-0.2, -0.15) is 0 Å². The Kier molecular flexibility index (Phi) is 9.29. The lowest BCUT2D eigenvalue weighted by molar-refractivity contribution is 0.0529. The largest absolute Gasteiger partial charge is 0.490 e. The van der Waals surface area contributed by atoms with E-state index in [9.17, 15) is 9.59 Å². The number of hydrogen-bond donors (Lipinski definition) is 1. The number of hydrogen-bond acceptors (Lipinski definition) is 7. The Morgan fingerprint density at radius 3 is 2.13 bits per heavy atom. The van der Waals surface area contributed by atoms with Crippen LogP contribution in [0.5, 0.6) is 17.2 Å². The molecule has 0 saturated heterocycles. The molecule has 1 N–H and O–H groups in total. The van der Waals surface area contributed by atoms with Crippen LogP contribution in [0.1, 0.15) is 72.4 Å². The predicted octanol–water partition coefficient (Wildman–Crippen LogP) is 6.92. The minimum absolute atomic E-state index is 0.236. The lowest BCUT2D eigenvalue weighted by Gasteiger charge is -2.17. The zero-order valence-electron chi connectivity index (χ0n) is 22.5. The van der Waals surface area contributed by atoms with Gasteiger partial charge in [0.2, 0.25) is 5.75 Å². The SMILES string of the molecule is CCOC(=O)c1c(-c2ccc3c(c2)CCCC3)csc1NC(=O)c1cc(OCC)c(OCC)c(OCC)c1. The van der Waals surface area contributed by atoms with Crippen LogP contribution in [0.15, 0.2) is 35.7 Å². The zero-order valence-corrected chi connectivity index (χ0v) is 23.3. The number of ether oxygens (including phenoxy) is 4. The number of aryl methyl sites for hydroxylation is 2. The lowest BCUT2D eigenvalue weighted by atomic mass is 9.89. The summed E-state index contributed by atoms with van der Waals surface area (Å²) in [5, 5.41) is 5.28. The first-order valence-electron chi connectivity index (χ1n) is 13.3. The van der Waals surface area contributed by atoms with Gasteiger partial charge in [0.15, 0.2) is 11.5 Å². The Morgan fingerprint density at radius 1 is 0.842 bits per heavy atom. The summed E-state index contributed by atoms with van der Waals surface area (Å²) in [5.41, 5.74) is 5.09. The van der Waals surface area contributed by atoms with E-state index in [1.165, 1.54) is 35.3 Å². The maximum Gasteiger partial charge on any atom is 0.341 e. The van der Waals surface area contributed by atoms with E-state index < -0.39 is 5.97 Å². The molecule has 1 aliphatic carbocycles. The zero-order chi connectivity index (χ0) is 27.1. The molecule has 1 aromatic heterocycles. The Labute approximate surface area is 228 Å². The molecule has 7 nitrogen and oxygen atoms in total. The average molecular weight is 538 g/mol. The number of rotatable bonds is 11. The number of anilines is 1. The molecule has 0 spiro atoms. The molecule has 0 saturated carbocycles. The summed E-state index contributed by atoms with van der Waals surface area (Å²) in [5.74, 6) is 0.465. The second kappa shape index (κ2) is 12.8. The highest BCUT2D eigenvalue weighted by Gasteiger charge is 2.25. The molecule has 1 aliphatic rings. The van der Waals surface area contributed by atoms with Crippen LogP contribution in [0, 0.1) is 0 Å². The van der Waals surface area contributed by atoms with Gasteiger partial charge in [0.05, 0.1) is 26.4 Å². The quantitative estimate of drug-likeness (QED) is 0.267. The van der Waals surface area contributed by atoms with E-state index in [0.717, 1.165) is 24.0 Å². The fourth-order valence-corrected chi connectivity index (χ4v) is 5.62. The highest BCUT2D eigenvalue weighted by molar-refractivity contribution is 7.15. The van der Waals surface area contributed by atoms with Crippen molar-refractivity contribution in [1.82, 2.24) is 0 Å². The number of fused-ring (bicyclic) bond motifs is 1. The van der Waals surface area contributed by atoms with Gasteiger partial charge in [-0.3, -0.25) is 4.79 Å². The van der Waals surface area contributed by atoms with E-state index in [1.807, 2.05) is 26.2 Å². The fourth-order valence-electron chi connectivity index (χ4n) is 4.66. The van der Waals surface area contributed by atoms with Gasteiger partial charge in [-0.25, -0.2) is 4.79 Å². The van der Waals surface area contributed by atoms with Crippen molar-refractivity contribution in [3.8, 4) is 28.4 Å². The topological polar surface area (TPSA) is 83.1 Å². The average Bonchev–Trinajstić information content (AvgIpc) is 3.34. The summed E-state index contributed by atoms with van der Waals surface area (Å²) in [6.45, 7) is 8.84. The van der Waals surface area contributed by atoms with Crippen LogP contribution < -0.4 is 19.5 Å². The van der Waals surface area contributed by atoms with Crippen molar-refractivity contribution in [3.05, 3.63) is 58.0 Å². The predicted molar refractivity (Wildman–Crippen MR) is 150 cm³/mol. The minimum Gasteiger partial charge on any atom is -0.490 e. The molecule has 0 atom stereocenters. The number of thiophene rings is 1. The van der Waals surface area contributed by atoms with Gasteiger partial charge in [-0.1, -0.05) is 18.2 Å². The molecule has 3 aromatic rings. The summed E-state index contributed by atoms with van der Waals surface area (Å²) in [6.07, 6.45) is 4.49. The first-order valence-corrected chi connectivity index (χ1v) is 14.2. The van der Waals surface area contributed by atoms with Gasteiger partial charge in [0.25, 0.3) is 5.91 Å². The van der Waals surface area contributed by atoms with Crippen LogP contribution in [0.2, 0.25) is 0 Å². The van der Waals surface area contributed by atoms with Gasteiger partial charge >= 0.3 is 5.97 Å². The molecule has 4 rings (SSSR count). The van der Waals surface area contributed by atoms with Crippen LogP contribution in [-0.2, 0) is 17.6 Å². The third kappa shape index (κ3) is 5.96. The first-order chi connectivity index (χ1) is 18.5. The molecule has 202 valence electrons. The molecular weight excluding hydrogens is 502 g/mol. The molecule has 1 amide bonds. The second-order valence-corrected chi connectivity index (χ2v) is 9.70. The summed E-state index contributed by atoms with van der Waals surface area (Å²) in [4.78, 5) is 26.6. The maximum absolute atomic E-state index is 13.5. The lowest BCUT2D eigenvalue weighted by Crippen LogP contribution is -2.15. The summed E-state index contributed by atoms with van der Waals surface area (Å²) >= 11 is 1.31. The first kappa shape index (κ1) is 27.5. The molecule has 0 unspecified atom stereocenters.